The number of carboxylic acids is 2. The van der Waals surface area contributed by atoms with Gasteiger partial charge >= 0.3 is 24.3 Å². The van der Waals surface area contributed by atoms with E-state index in [1.165, 1.54) is 0 Å². The number of fused-ring (bicyclic) bond motifs is 1. The molecule has 2 aromatic heterocycles. The Balaban J connectivity index is 0.000000404. The highest BCUT2D eigenvalue weighted by Gasteiger charge is 2.38. The van der Waals surface area contributed by atoms with Gasteiger partial charge in [0, 0.05) is 25.8 Å². The number of aliphatic carboxylic acids is 2. The predicted molar refractivity (Wildman–Crippen MR) is 117 cm³/mol. The zero-order chi connectivity index (χ0) is 28.6. The maximum absolute atomic E-state index is 12.6. The molecule has 0 aliphatic carbocycles. The highest BCUT2D eigenvalue weighted by atomic mass is 19.4. The van der Waals surface area contributed by atoms with Crippen molar-refractivity contribution in [3.8, 4) is 0 Å². The molecule has 208 valence electrons. The van der Waals surface area contributed by atoms with Gasteiger partial charge in [-0.3, -0.25) is 9.20 Å². The average Bonchev–Trinajstić information content (AvgIpc) is 3.17. The number of rotatable bonds is 3. The quantitative estimate of drug-likeness (QED) is 0.502. The summed E-state index contributed by atoms with van der Waals surface area (Å²) in [7, 11) is 0. The van der Waals surface area contributed by atoms with Crippen molar-refractivity contribution in [1.29, 1.82) is 0 Å². The van der Waals surface area contributed by atoms with Gasteiger partial charge in [-0.15, -0.1) is 0 Å². The normalized spacial score (nSPS) is 14.1. The van der Waals surface area contributed by atoms with E-state index < -0.39 is 24.3 Å². The van der Waals surface area contributed by atoms with Crippen molar-refractivity contribution in [2.45, 2.75) is 33.1 Å². The minimum absolute atomic E-state index is 0.0399. The minimum Gasteiger partial charge on any atom is -0.475 e. The van der Waals surface area contributed by atoms with Crippen molar-refractivity contribution in [1.82, 2.24) is 14.7 Å². The van der Waals surface area contributed by atoms with Gasteiger partial charge in [0.25, 0.3) is 5.91 Å². The largest absolute Gasteiger partial charge is 0.490 e. The van der Waals surface area contributed by atoms with E-state index in [4.69, 9.17) is 24.5 Å². The number of carboxylic acid groups (broad SMARTS) is 2. The van der Waals surface area contributed by atoms with Gasteiger partial charge in [0.05, 0.1) is 18.7 Å². The first-order valence-electron chi connectivity index (χ1n) is 10.5. The summed E-state index contributed by atoms with van der Waals surface area (Å²) in [6, 6.07) is 5.82. The van der Waals surface area contributed by atoms with Crippen molar-refractivity contribution in [3.63, 3.8) is 0 Å². The van der Waals surface area contributed by atoms with E-state index in [1.54, 1.807) is 0 Å². The van der Waals surface area contributed by atoms with E-state index in [0.29, 0.717) is 25.5 Å². The van der Waals surface area contributed by atoms with Gasteiger partial charge in [0.2, 0.25) is 5.95 Å². The van der Waals surface area contributed by atoms with Crippen molar-refractivity contribution in [2.75, 3.05) is 37.7 Å². The summed E-state index contributed by atoms with van der Waals surface area (Å²) in [4.78, 5) is 37.2. The molecule has 1 aliphatic rings. The Labute approximate surface area is 206 Å². The number of pyridine rings is 1. The molecular formula is C21H26F6N4O6. The Bertz CT molecular complexity index is 1050. The van der Waals surface area contributed by atoms with Gasteiger partial charge < -0.3 is 25.2 Å². The molecule has 0 atom stereocenters. The van der Waals surface area contributed by atoms with Crippen LogP contribution in [0.15, 0.2) is 24.4 Å². The molecule has 0 bridgehead atoms. The molecule has 37 heavy (non-hydrogen) atoms. The number of hydrogen-bond acceptors (Lipinski definition) is 6. The molecule has 16 heteroatoms. The first-order valence-corrected chi connectivity index (χ1v) is 10.5. The Hall–Kier alpha value is -3.56. The molecule has 0 aromatic carbocycles. The van der Waals surface area contributed by atoms with Crippen LogP contribution in [0, 0.1) is 5.41 Å². The van der Waals surface area contributed by atoms with Crippen molar-refractivity contribution in [3.05, 3.63) is 30.1 Å². The van der Waals surface area contributed by atoms with E-state index >= 15 is 0 Å². The summed E-state index contributed by atoms with van der Waals surface area (Å²) in [5, 5.41) is 17.2. The van der Waals surface area contributed by atoms with Gasteiger partial charge in [0.1, 0.15) is 0 Å². The number of nitrogens with zero attached hydrogens (tertiary/aromatic N) is 3. The van der Waals surface area contributed by atoms with Gasteiger partial charge in [-0.05, 0) is 17.5 Å². The van der Waals surface area contributed by atoms with Crippen LogP contribution >= 0.6 is 0 Å². The van der Waals surface area contributed by atoms with Gasteiger partial charge in [-0.2, -0.15) is 26.3 Å². The third-order valence-electron chi connectivity index (χ3n) is 4.30. The molecule has 1 saturated heterocycles. The summed E-state index contributed by atoms with van der Waals surface area (Å²) in [6.45, 7) is 9.85. The van der Waals surface area contributed by atoms with Crippen LogP contribution in [0.3, 0.4) is 0 Å². The lowest BCUT2D eigenvalue weighted by Crippen LogP contribution is -2.37. The topological polar surface area (TPSA) is 133 Å². The molecule has 3 rings (SSSR count). The van der Waals surface area contributed by atoms with Crippen LogP contribution in [-0.2, 0) is 14.3 Å². The number of amides is 1. The molecule has 1 amide bonds. The number of imidazole rings is 1. The Morgan fingerprint density at radius 3 is 1.89 bits per heavy atom. The van der Waals surface area contributed by atoms with Crippen LogP contribution in [0.2, 0.25) is 0 Å². The second kappa shape index (κ2) is 12.6. The van der Waals surface area contributed by atoms with Crippen LogP contribution in [-0.4, -0.2) is 82.6 Å². The summed E-state index contributed by atoms with van der Waals surface area (Å²) in [6.07, 6.45) is -8.21. The Morgan fingerprint density at radius 2 is 1.46 bits per heavy atom. The predicted octanol–water partition coefficient (Wildman–Crippen LogP) is 3.21. The van der Waals surface area contributed by atoms with E-state index in [0.717, 1.165) is 24.6 Å². The standard InChI is InChI=1S/C17H24N4O2.2C2HF3O2/c1-17(2,3)12-18-15(22)14-13-6-4-5-7-21(13)16(19-14)20-8-10-23-11-9-20;2*3-2(4,5)1(6)7/h4-7H,8-12H2,1-3H3,(H,18,22);2*(H,6,7). The van der Waals surface area contributed by atoms with Crippen LogP contribution < -0.4 is 10.2 Å². The summed E-state index contributed by atoms with van der Waals surface area (Å²) in [5.41, 5.74) is 1.36. The zero-order valence-corrected chi connectivity index (χ0v) is 20.0. The SMILES string of the molecule is CC(C)(C)CNC(=O)c1nc(N2CCOCC2)n2ccccc12.O=C(O)C(F)(F)F.O=C(O)C(F)(F)F. The molecule has 0 unspecified atom stereocenters. The first kappa shape index (κ1) is 31.5. The van der Waals surface area contributed by atoms with Gasteiger partial charge in [-0.1, -0.05) is 26.8 Å². The third kappa shape index (κ3) is 10.5. The van der Waals surface area contributed by atoms with Gasteiger partial charge in [0.15, 0.2) is 5.69 Å². The Kier molecular flexibility index (Phi) is 10.7. The lowest BCUT2D eigenvalue weighted by Gasteiger charge is -2.27. The molecule has 0 radical (unpaired) electrons. The maximum Gasteiger partial charge on any atom is 0.490 e. The number of morpholine rings is 1. The molecule has 1 fully saturated rings. The number of anilines is 1. The molecule has 0 spiro atoms. The summed E-state index contributed by atoms with van der Waals surface area (Å²) < 4.78 is 70.9. The lowest BCUT2D eigenvalue weighted by atomic mass is 9.97. The third-order valence-corrected chi connectivity index (χ3v) is 4.30. The van der Waals surface area contributed by atoms with Crippen LogP contribution in [0.25, 0.3) is 5.52 Å². The second-order valence-electron chi connectivity index (χ2n) is 8.66. The smallest absolute Gasteiger partial charge is 0.475 e. The minimum atomic E-state index is -5.08. The van der Waals surface area contributed by atoms with Crippen LogP contribution in [0.5, 0.6) is 0 Å². The molecular weight excluding hydrogens is 518 g/mol. The monoisotopic (exact) mass is 544 g/mol. The first-order chi connectivity index (χ1) is 16.8. The number of aromatic nitrogens is 2. The summed E-state index contributed by atoms with van der Waals surface area (Å²) >= 11 is 0. The van der Waals surface area contributed by atoms with Crippen LogP contribution in [0.1, 0.15) is 31.3 Å². The maximum atomic E-state index is 12.6. The van der Waals surface area contributed by atoms with E-state index in [1.807, 2.05) is 28.8 Å². The van der Waals surface area contributed by atoms with E-state index in [2.05, 4.69) is 36.0 Å². The van der Waals surface area contributed by atoms with Crippen molar-refractivity contribution < 1.29 is 55.7 Å². The lowest BCUT2D eigenvalue weighted by molar-refractivity contribution is -0.193. The number of alkyl halides is 6. The fourth-order valence-electron chi connectivity index (χ4n) is 2.60. The molecule has 1 aliphatic heterocycles. The Morgan fingerprint density at radius 1 is 0.973 bits per heavy atom. The fraction of sp³-hybridized carbons (Fsp3) is 0.524. The molecule has 2 aromatic rings. The average molecular weight is 544 g/mol. The zero-order valence-electron chi connectivity index (χ0n) is 20.0. The fourth-order valence-corrected chi connectivity index (χ4v) is 2.60. The van der Waals surface area contributed by atoms with Crippen molar-refractivity contribution >= 4 is 29.3 Å². The molecule has 10 nitrogen and oxygen atoms in total. The number of hydrogen-bond donors (Lipinski definition) is 3. The number of carbonyl (C=O) groups excluding carboxylic acids is 1. The number of ether oxygens (including phenoxy) is 1. The highest BCUT2D eigenvalue weighted by Crippen LogP contribution is 2.21. The number of halogens is 6. The number of carbonyl (C=O) groups is 3. The second-order valence-corrected chi connectivity index (χ2v) is 8.66. The molecule has 3 N–H and O–H groups in total. The summed E-state index contributed by atoms with van der Waals surface area (Å²) in [5.74, 6) is -4.83. The van der Waals surface area contributed by atoms with Gasteiger partial charge in [-0.25, -0.2) is 14.6 Å². The van der Waals surface area contributed by atoms with Crippen molar-refractivity contribution in [2.24, 2.45) is 5.41 Å². The highest BCUT2D eigenvalue weighted by molar-refractivity contribution is 5.99. The van der Waals surface area contributed by atoms with E-state index in [9.17, 15) is 31.1 Å². The molecule has 3 heterocycles. The van der Waals surface area contributed by atoms with Crippen LogP contribution in [0.4, 0.5) is 32.3 Å². The number of nitrogens with one attached hydrogen (secondary N) is 1. The molecule has 0 saturated carbocycles. The van der Waals surface area contributed by atoms with E-state index in [-0.39, 0.29) is 11.3 Å².